The van der Waals surface area contributed by atoms with Gasteiger partial charge in [0, 0.05) is 27.9 Å². The molecule has 0 spiro atoms. The third-order valence-corrected chi connectivity index (χ3v) is 8.21. The first-order valence-corrected chi connectivity index (χ1v) is 15.1. The highest BCUT2D eigenvalue weighted by Crippen LogP contribution is 2.38. The van der Waals surface area contributed by atoms with Gasteiger partial charge >= 0.3 is 0 Å². The zero-order valence-corrected chi connectivity index (χ0v) is 25.6. The number of nitrogens with zero attached hydrogens (tertiary/aromatic N) is 1. The molecule has 0 saturated carbocycles. The second-order valence-corrected chi connectivity index (χ2v) is 11.8. The molecule has 214 valence electrons. The van der Waals surface area contributed by atoms with Crippen molar-refractivity contribution in [3.8, 4) is 11.5 Å². The third kappa shape index (κ3) is 7.69. The molecule has 0 unspecified atom stereocenters. The smallest absolute Gasteiger partial charge is 0.264 e. The normalized spacial score (nSPS) is 11.4. The second-order valence-electron chi connectivity index (χ2n) is 8.82. The zero-order chi connectivity index (χ0) is 29.6. The lowest BCUT2D eigenvalue weighted by Crippen LogP contribution is -2.13. The summed E-state index contributed by atoms with van der Waals surface area (Å²) in [4.78, 5) is 12.6. The van der Waals surface area contributed by atoms with Gasteiger partial charge in [-0.2, -0.15) is 0 Å². The maximum absolute atomic E-state index is 12.7. The van der Waals surface area contributed by atoms with Gasteiger partial charge in [0.1, 0.15) is 6.61 Å². The zero-order valence-electron chi connectivity index (χ0n) is 22.4. The maximum Gasteiger partial charge on any atom is 0.264 e. The highest BCUT2D eigenvalue weighted by atomic mass is 79.9. The van der Waals surface area contributed by atoms with Crippen molar-refractivity contribution in [1.29, 1.82) is 0 Å². The number of carbonyl (C=O) groups excluding carboxylic acids is 1. The van der Waals surface area contributed by atoms with E-state index in [2.05, 4.69) is 31.1 Å². The molecule has 1 aromatic heterocycles. The molecule has 4 rings (SSSR count). The Balaban J connectivity index is 1.41. The van der Waals surface area contributed by atoms with E-state index in [1.54, 1.807) is 38.1 Å². The predicted octanol–water partition coefficient (Wildman–Crippen LogP) is 7.14. The Hall–Kier alpha value is -3.80. The molecule has 0 aliphatic rings. The van der Waals surface area contributed by atoms with Gasteiger partial charge in [0.2, 0.25) is 11.8 Å². The van der Waals surface area contributed by atoms with Crippen molar-refractivity contribution in [3.63, 3.8) is 0 Å². The van der Waals surface area contributed by atoms with Gasteiger partial charge in [-0.15, -0.1) is 0 Å². The quantitative estimate of drug-likeness (QED) is 0.164. The van der Waals surface area contributed by atoms with E-state index >= 15 is 0 Å². The summed E-state index contributed by atoms with van der Waals surface area (Å²) in [6.07, 6.45) is 2.99. The fourth-order valence-electron chi connectivity index (χ4n) is 3.62. The van der Waals surface area contributed by atoms with Crippen LogP contribution in [-0.4, -0.2) is 26.1 Å². The Labute approximate surface area is 251 Å². The summed E-state index contributed by atoms with van der Waals surface area (Å²) in [7, 11) is -3.90. The molecule has 0 fully saturated rings. The summed E-state index contributed by atoms with van der Waals surface area (Å²) >= 11 is 9.78. The molecule has 4 aromatic rings. The van der Waals surface area contributed by atoms with Crippen LogP contribution in [0.1, 0.15) is 29.3 Å². The van der Waals surface area contributed by atoms with Crippen LogP contribution >= 0.6 is 27.5 Å². The lowest BCUT2D eigenvalue weighted by molar-refractivity contribution is -0.111. The first-order valence-electron chi connectivity index (χ1n) is 12.4. The van der Waals surface area contributed by atoms with E-state index in [-0.39, 0.29) is 17.4 Å². The molecule has 0 aliphatic carbocycles. The van der Waals surface area contributed by atoms with Crippen LogP contribution in [0.5, 0.6) is 11.5 Å². The molecule has 0 bridgehead atoms. The number of sulfonamides is 1. The SMILES string of the molecule is CCOc1cc(/C=C/C(=O)Nc2ccc(S(=O)(=O)Nc3onc(C)c3C)cc2)cc(Br)c1OCc1ccccc1Cl. The monoisotopic (exact) mass is 659 g/mol. The Morgan fingerprint density at radius 2 is 1.83 bits per heavy atom. The topological polar surface area (TPSA) is 120 Å². The van der Waals surface area contributed by atoms with Gasteiger partial charge in [-0.25, -0.2) is 13.1 Å². The number of aromatic nitrogens is 1. The third-order valence-electron chi connectivity index (χ3n) is 5.91. The van der Waals surface area contributed by atoms with Gasteiger partial charge in [0.15, 0.2) is 11.5 Å². The summed E-state index contributed by atoms with van der Waals surface area (Å²) < 4.78 is 45.2. The lowest BCUT2D eigenvalue weighted by atomic mass is 10.1. The van der Waals surface area contributed by atoms with E-state index in [1.165, 1.54) is 30.3 Å². The molecule has 2 N–H and O–H groups in total. The Morgan fingerprint density at radius 1 is 1.10 bits per heavy atom. The second kappa shape index (κ2) is 13.2. The van der Waals surface area contributed by atoms with Crippen LogP contribution in [-0.2, 0) is 21.4 Å². The minimum Gasteiger partial charge on any atom is -0.490 e. The van der Waals surface area contributed by atoms with Gasteiger partial charge in [-0.05, 0) is 90.8 Å². The number of amides is 1. The summed E-state index contributed by atoms with van der Waals surface area (Å²) in [6.45, 7) is 5.96. The average molecular weight is 661 g/mol. The Kier molecular flexibility index (Phi) is 9.74. The van der Waals surface area contributed by atoms with Gasteiger partial charge in [-0.1, -0.05) is 35.0 Å². The fourth-order valence-corrected chi connectivity index (χ4v) is 5.43. The molecule has 1 amide bonds. The summed E-state index contributed by atoms with van der Waals surface area (Å²) in [5, 5.41) is 7.07. The molecule has 0 saturated heterocycles. The molecule has 0 atom stereocenters. The van der Waals surface area contributed by atoms with Crippen molar-refractivity contribution >= 4 is 61.1 Å². The number of hydrogen-bond acceptors (Lipinski definition) is 7. The maximum atomic E-state index is 12.7. The van der Waals surface area contributed by atoms with E-state index < -0.39 is 15.9 Å². The largest absolute Gasteiger partial charge is 0.490 e. The molecule has 41 heavy (non-hydrogen) atoms. The average Bonchev–Trinajstić information content (AvgIpc) is 3.24. The predicted molar refractivity (Wildman–Crippen MR) is 162 cm³/mol. The molecular weight excluding hydrogens is 634 g/mol. The fraction of sp³-hybridized carbons (Fsp3) is 0.172. The van der Waals surface area contributed by atoms with E-state index in [9.17, 15) is 13.2 Å². The number of hydrogen-bond donors (Lipinski definition) is 2. The first-order chi connectivity index (χ1) is 19.6. The number of ether oxygens (including phenoxy) is 2. The summed E-state index contributed by atoms with van der Waals surface area (Å²) in [5.41, 5.74) is 3.15. The van der Waals surface area contributed by atoms with E-state index in [1.807, 2.05) is 25.1 Å². The van der Waals surface area contributed by atoms with Crippen molar-refractivity contribution in [2.45, 2.75) is 32.3 Å². The van der Waals surface area contributed by atoms with Gasteiger partial charge in [0.25, 0.3) is 10.0 Å². The van der Waals surface area contributed by atoms with Crippen LogP contribution in [0.15, 0.2) is 80.6 Å². The van der Waals surface area contributed by atoms with Crippen molar-refractivity contribution in [2.24, 2.45) is 0 Å². The molecule has 3 aromatic carbocycles. The molecule has 0 radical (unpaired) electrons. The highest BCUT2D eigenvalue weighted by Gasteiger charge is 2.19. The standard InChI is InChI=1S/C29H27BrClN3O6S/c1-4-38-26-16-20(15-24(30)28(26)39-17-21-7-5-6-8-25(21)31)9-14-27(35)32-22-10-12-23(13-11-22)41(36,37)34-29-18(2)19(3)33-40-29/h5-16,34H,4,17H2,1-3H3,(H,32,35)/b14-9+. The minimum absolute atomic E-state index is 0.00430. The molecule has 12 heteroatoms. The van der Waals surface area contributed by atoms with Gasteiger partial charge in [-0.3, -0.25) is 4.79 Å². The number of aryl methyl sites for hydroxylation is 1. The van der Waals surface area contributed by atoms with Crippen LogP contribution in [0, 0.1) is 13.8 Å². The van der Waals surface area contributed by atoms with Crippen molar-refractivity contribution in [3.05, 3.63) is 98.6 Å². The highest BCUT2D eigenvalue weighted by molar-refractivity contribution is 9.10. The molecule has 0 aliphatic heterocycles. The van der Waals surface area contributed by atoms with E-state index in [0.29, 0.717) is 50.1 Å². The van der Waals surface area contributed by atoms with Crippen LogP contribution in [0.25, 0.3) is 6.08 Å². The van der Waals surface area contributed by atoms with Gasteiger partial charge in [0.05, 0.1) is 21.7 Å². The van der Waals surface area contributed by atoms with E-state index in [4.69, 9.17) is 25.6 Å². The van der Waals surface area contributed by atoms with Crippen molar-refractivity contribution < 1.29 is 27.2 Å². The number of anilines is 2. The molecule has 1 heterocycles. The number of carbonyl (C=O) groups is 1. The molecular formula is C29H27BrClN3O6S. The summed E-state index contributed by atoms with van der Waals surface area (Å²) in [5.74, 6) is 0.686. The number of benzene rings is 3. The van der Waals surface area contributed by atoms with Gasteiger partial charge < -0.3 is 19.3 Å². The van der Waals surface area contributed by atoms with Crippen LogP contribution in [0.2, 0.25) is 5.02 Å². The van der Waals surface area contributed by atoms with Crippen LogP contribution < -0.4 is 19.5 Å². The van der Waals surface area contributed by atoms with Crippen molar-refractivity contribution in [1.82, 2.24) is 5.16 Å². The number of rotatable bonds is 11. The minimum atomic E-state index is -3.90. The van der Waals surface area contributed by atoms with E-state index in [0.717, 1.165) is 5.56 Å². The van der Waals surface area contributed by atoms with Crippen molar-refractivity contribution in [2.75, 3.05) is 16.6 Å². The lowest BCUT2D eigenvalue weighted by Gasteiger charge is -2.15. The number of halogens is 2. The summed E-state index contributed by atoms with van der Waals surface area (Å²) in [6, 6.07) is 16.7. The van der Waals surface area contributed by atoms with Crippen LogP contribution in [0.4, 0.5) is 11.6 Å². The molecule has 9 nitrogen and oxygen atoms in total. The Morgan fingerprint density at radius 3 is 2.49 bits per heavy atom. The first kappa shape index (κ1) is 30.2. The number of nitrogens with one attached hydrogen (secondary N) is 2. The van der Waals surface area contributed by atoms with Crippen LogP contribution in [0.3, 0.4) is 0 Å². The Bertz CT molecular complexity index is 1690.